The van der Waals surface area contributed by atoms with Gasteiger partial charge < -0.3 is 19.8 Å². The molecule has 9 heteroatoms. The largest absolute Gasteiger partial charge is 0.497 e. The van der Waals surface area contributed by atoms with Crippen LogP contribution in [0.3, 0.4) is 0 Å². The Morgan fingerprint density at radius 2 is 1.94 bits per heavy atom. The number of aromatic nitrogens is 3. The van der Waals surface area contributed by atoms with Crippen molar-refractivity contribution in [2.75, 3.05) is 25.3 Å². The number of amides is 1. The van der Waals surface area contributed by atoms with Crippen molar-refractivity contribution >= 4 is 34.4 Å². The maximum atomic E-state index is 13.3. The lowest BCUT2D eigenvalue weighted by molar-refractivity contribution is -0.113. The molecule has 0 unspecified atom stereocenters. The monoisotopic (exact) mass is 492 g/mol. The van der Waals surface area contributed by atoms with Gasteiger partial charge in [0.1, 0.15) is 22.5 Å². The minimum Gasteiger partial charge on any atom is -0.497 e. The zero-order valence-corrected chi connectivity index (χ0v) is 20.8. The van der Waals surface area contributed by atoms with Crippen molar-refractivity contribution in [2.45, 2.75) is 31.5 Å². The van der Waals surface area contributed by atoms with Gasteiger partial charge in [0.15, 0.2) is 5.16 Å². The fourth-order valence-corrected chi connectivity index (χ4v) is 4.58. The highest BCUT2D eigenvalue weighted by Gasteiger charge is 2.18. The van der Waals surface area contributed by atoms with E-state index in [0.717, 1.165) is 24.0 Å². The molecule has 0 atom stereocenters. The molecule has 0 aliphatic rings. The topological polar surface area (TPSA) is 98.2 Å². The first-order valence-electron chi connectivity index (χ1n) is 11.4. The molecule has 0 fully saturated rings. The van der Waals surface area contributed by atoms with Crippen LogP contribution in [0, 0.1) is 0 Å². The molecule has 2 N–H and O–H groups in total. The summed E-state index contributed by atoms with van der Waals surface area (Å²) in [6, 6.07) is 15.0. The molecule has 0 spiro atoms. The van der Waals surface area contributed by atoms with Crippen molar-refractivity contribution in [1.29, 1.82) is 0 Å². The number of methoxy groups -OCH3 is 2. The Hall–Kier alpha value is -3.72. The Kier molecular flexibility index (Phi) is 7.77. The molecule has 35 heavy (non-hydrogen) atoms. The van der Waals surface area contributed by atoms with Gasteiger partial charge in [0.05, 0.1) is 25.7 Å². The van der Waals surface area contributed by atoms with Crippen LogP contribution in [0.4, 0.5) is 5.69 Å². The number of rotatable bonds is 10. The molecular formula is C26H28N4O4S. The first kappa shape index (κ1) is 24.4. The molecule has 0 saturated carbocycles. The second-order valence-electron chi connectivity index (χ2n) is 7.90. The number of anilines is 1. The lowest BCUT2D eigenvalue weighted by atomic mass is 10.1. The summed E-state index contributed by atoms with van der Waals surface area (Å²) in [5.41, 5.74) is 3.27. The van der Waals surface area contributed by atoms with Crippen LogP contribution in [0.5, 0.6) is 11.5 Å². The van der Waals surface area contributed by atoms with E-state index in [4.69, 9.17) is 14.5 Å². The molecule has 0 saturated heterocycles. The number of H-pyrrole nitrogens is 1. The number of unbranched alkanes of at least 4 members (excludes halogenated alkanes) is 1. The van der Waals surface area contributed by atoms with Crippen LogP contribution in [-0.4, -0.2) is 40.4 Å². The van der Waals surface area contributed by atoms with E-state index in [-0.39, 0.29) is 17.2 Å². The average molecular weight is 493 g/mol. The Morgan fingerprint density at radius 1 is 1.14 bits per heavy atom. The van der Waals surface area contributed by atoms with Gasteiger partial charge in [-0.05, 0) is 24.1 Å². The van der Waals surface area contributed by atoms with Gasteiger partial charge in [-0.1, -0.05) is 55.4 Å². The zero-order valence-electron chi connectivity index (χ0n) is 20.0. The zero-order chi connectivity index (χ0) is 24.8. The van der Waals surface area contributed by atoms with Crippen molar-refractivity contribution in [3.63, 3.8) is 0 Å². The second-order valence-corrected chi connectivity index (χ2v) is 8.84. The molecule has 8 nitrogen and oxygen atoms in total. The van der Waals surface area contributed by atoms with Gasteiger partial charge in [0, 0.05) is 24.4 Å². The van der Waals surface area contributed by atoms with Crippen molar-refractivity contribution in [3.8, 4) is 22.6 Å². The normalized spacial score (nSPS) is 10.9. The number of aromatic amines is 1. The molecule has 1 amide bonds. The number of nitrogens with one attached hydrogen (secondary N) is 2. The van der Waals surface area contributed by atoms with Gasteiger partial charge in [-0.25, -0.2) is 4.98 Å². The first-order chi connectivity index (χ1) is 17.0. The third kappa shape index (κ3) is 5.35. The number of benzene rings is 2. The SMILES string of the molecule is CCCCn1c(SCC(=O)Nc2cc(OC)ccc2OC)nc2c(-c3ccccc3)c[nH]c2c1=O. The van der Waals surface area contributed by atoms with Crippen molar-refractivity contribution in [1.82, 2.24) is 14.5 Å². The van der Waals surface area contributed by atoms with E-state index in [1.54, 1.807) is 37.0 Å². The molecule has 0 aliphatic heterocycles. The van der Waals surface area contributed by atoms with Crippen LogP contribution in [-0.2, 0) is 11.3 Å². The molecular weight excluding hydrogens is 464 g/mol. The lowest BCUT2D eigenvalue weighted by Gasteiger charge is -2.13. The number of thioether (sulfide) groups is 1. The summed E-state index contributed by atoms with van der Waals surface area (Å²) < 4.78 is 12.2. The smallest absolute Gasteiger partial charge is 0.278 e. The molecule has 0 aliphatic carbocycles. The standard InChI is InChI=1S/C26H28N4O4S/c1-4-5-13-30-25(32)24-23(19(15-27-24)17-9-7-6-8-10-17)29-26(30)35-16-22(31)28-20-14-18(33-2)11-12-21(20)34-3/h6-12,14-15,27H,4-5,13,16H2,1-3H3,(H,28,31). The number of ether oxygens (including phenoxy) is 2. The number of carbonyl (C=O) groups excluding carboxylic acids is 1. The Balaban J connectivity index is 1.63. The van der Waals surface area contributed by atoms with Crippen LogP contribution in [0.1, 0.15) is 19.8 Å². The van der Waals surface area contributed by atoms with Crippen LogP contribution in [0.2, 0.25) is 0 Å². The Labute approximate surface area is 207 Å². The maximum Gasteiger partial charge on any atom is 0.278 e. The number of fused-ring (bicyclic) bond motifs is 1. The van der Waals surface area contributed by atoms with E-state index in [1.165, 1.54) is 11.8 Å². The minimum atomic E-state index is -0.240. The van der Waals surface area contributed by atoms with Gasteiger partial charge in [0.2, 0.25) is 5.91 Å². The molecule has 2 heterocycles. The van der Waals surface area contributed by atoms with Crippen LogP contribution in [0.25, 0.3) is 22.2 Å². The van der Waals surface area contributed by atoms with Gasteiger partial charge in [0.25, 0.3) is 5.56 Å². The fraction of sp³-hybridized carbons (Fsp3) is 0.269. The highest BCUT2D eigenvalue weighted by molar-refractivity contribution is 7.99. The van der Waals surface area contributed by atoms with E-state index < -0.39 is 0 Å². The molecule has 2 aromatic heterocycles. The predicted octanol–water partition coefficient (Wildman–Crippen LogP) is 4.94. The number of carbonyl (C=O) groups is 1. The highest BCUT2D eigenvalue weighted by atomic mass is 32.2. The lowest BCUT2D eigenvalue weighted by Crippen LogP contribution is -2.24. The molecule has 2 aromatic carbocycles. The van der Waals surface area contributed by atoms with Crippen molar-refractivity contribution in [3.05, 3.63) is 65.1 Å². The van der Waals surface area contributed by atoms with Crippen LogP contribution < -0.4 is 20.3 Å². The van der Waals surface area contributed by atoms with E-state index in [9.17, 15) is 9.59 Å². The second kappa shape index (κ2) is 11.1. The van der Waals surface area contributed by atoms with Crippen molar-refractivity contribution < 1.29 is 14.3 Å². The summed E-state index contributed by atoms with van der Waals surface area (Å²) in [6.07, 6.45) is 3.58. The van der Waals surface area contributed by atoms with Gasteiger partial charge in [-0.15, -0.1) is 0 Å². The summed E-state index contributed by atoms with van der Waals surface area (Å²) in [5.74, 6) is 0.976. The summed E-state index contributed by atoms with van der Waals surface area (Å²) in [5, 5.41) is 3.38. The highest BCUT2D eigenvalue weighted by Crippen LogP contribution is 2.30. The Bertz CT molecular complexity index is 1380. The number of hydrogen-bond acceptors (Lipinski definition) is 6. The van der Waals surface area contributed by atoms with Crippen LogP contribution >= 0.6 is 11.8 Å². The number of hydrogen-bond donors (Lipinski definition) is 2. The summed E-state index contributed by atoms with van der Waals surface area (Å²) in [4.78, 5) is 34.1. The van der Waals surface area contributed by atoms with Gasteiger partial charge in [-0.2, -0.15) is 0 Å². The summed E-state index contributed by atoms with van der Waals surface area (Å²) in [6.45, 7) is 2.60. The van der Waals surface area contributed by atoms with Crippen LogP contribution in [0.15, 0.2) is 64.7 Å². The van der Waals surface area contributed by atoms with Gasteiger partial charge in [-0.3, -0.25) is 14.2 Å². The summed E-state index contributed by atoms with van der Waals surface area (Å²) in [7, 11) is 3.10. The molecule has 182 valence electrons. The molecule has 4 aromatic rings. The molecule has 0 radical (unpaired) electrons. The fourth-order valence-electron chi connectivity index (χ4n) is 3.76. The summed E-state index contributed by atoms with van der Waals surface area (Å²) >= 11 is 1.24. The average Bonchev–Trinajstić information content (AvgIpc) is 3.31. The molecule has 0 bridgehead atoms. The van der Waals surface area contributed by atoms with E-state index >= 15 is 0 Å². The van der Waals surface area contributed by atoms with E-state index in [2.05, 4.69) is 17.2 Å². The third-order valence-corrected chi connectivity index (χ3v) is 6.56. The third-order valence-electron chi connectivity index (χ3n) is 5.58. The Morgan fingerprint density at radius 3 is 2.66 bits per heavy atom. The number of nitrogens with zero attached hydrogens (tertiary/aromatic N) is 2. The van der Waals surface area contributed by atoms with Gasteiger partial charge >= 0.3 is 0 Å². The maximum absolute atomic E-state index is 13.3. The van der Waals surface area contributed by atoms with E-state index in [1.807, 2.05) is 36.5 Å². The van der Waals surface area contributed by atoms with Crippen molar-refractivity contribution in [2.24, 2.45) is 0 Å². The minimum absolute atomic E-state index is 0.0789. The quantitative estimate of drug-likeness (QED) is 0.240. The predicted molar refractivity (Wildman–Crippen MR) is 140 cm³/mol. The van der Waals surface area contributed by atoms with E-state index in [0.29, 0.717) is 39.9 Å². The first-order valence-corrected chi connectivity index (χ1v) is 12.4. The molecule has 4 rings (SSSR count).